The van der Waals surface area contributed by atoms with Crippen LogP contribution < -0.4 is 5.56 Å². The summed E-state index contributed by atoms with van der Waals surface area (Å²) in [5.41, 5.74) is 1.89. The van der Waals surface area contributed by atoms with Gasteiger partial charge in [0.2, 0.25) is 0 Å². The third-order valence-electron chi connectivity index (χ3n) is 6.39. The van der Waals surface area contributed by atoms with Crippen molar-refractivity contribution >= 4 is 16.7 Å². The highest BCUT2D eigenvalue weighted by Crippen LogP contribution is 2.27. The molecule has 1 aliphatic rings. The number of nitrogens with one attached hydrogen (secondary N) is 1. The summed E-state index contributed by atoms with van der Waals surface area (Å²) < 4.78 is 14.8. The van der Waals surface area contributed by atoms with Crippen molar-refractivity contribution in [2.45, 2.75) is 19.0 Å². The topological polar surface area (TPSA) is 82.2 Å². The molecule has 3 heterocycles. The Morgan fingerprint density at radius 3 is 2.79 bits per heavy atom. The van der Waals surface area contributed by atoms with Gasteiger partial charge < -0.3 is 4.90 Å². The number of rotatable bonds is 5. The maximum atomic E-state index is 14.8. The van der Waals surface area contributed by atoms with Gasteiger partial charge in [0.1, 0.15) is 5.82 Å². The Kier molecular flexibility index (Phi) is 5.90. The molecule has 7 nitrogen and oxygen atoms in total. The Morgan fingerprint density at radius 1 is 1.18 bits per heavy atom. The average molecular weight is 458 g/mol. The smallest absolute Gasteiger partial charge is 0.272 e. The lowest BCUT2D eigenvalue weighted by Gasteiger charge is -2.24. The standard InChI is InChI=1S/C26H24FN5O2/c1-31(15-17-5-4-11-28-14-17)19-10-12-32(16-19)26(34)22-13-18(8-9-23(22)27)24-20-6-2-3-7-21(20)25(33)30-29-24/h2-9,11,13-14,19H,10,12,15-16H2,1H3,(H,30,33)/t19-/m1/s1. The molecular formula is C26H24FN5O2. The number of carbonyl (C=O) groups is 1. The van der Waals surface area contributed by atoms with E-state index in [4.69, 9.17) is 0 Å². The van der Waals surface area contributed by atoms with Gasteiger partial charge in [0.15, 0.2) is 0 Å². The van der Waals surface area contributed by atoms with Crippen molar-refractivity contribution in [2.24, 2.45) is 0 Å². The molecule has 1 saturated heterocycles. The average Bonchev–Trinajstić information content (AvgIpc) is 3.36. The first-order valence-electron chi connectivity index (χ1n) is 11.2. The van der Waals surface area contributed by atoms with E-state index >= 15 is 0 Å². The minimum absolute atomic E-state index is 0.00476. The van der Waals surface area contributed by atoms with Crippen LogP contribution in [0.25, 0.3) is 22.0 Å². The van der Waals surface area contributed by atoms with Crippen LogP contribution in [-0.2, 0) is 6.54 Å². The molecule has 2 aromatic carbocycles. The van der Waals surface area contributed by atoms with Crippen LogP contribution in [0.4, 0.5) is 4.39 Å². The number of hydrogen-bond acceptors (Lipinski definition) is 5. The van der Waals surface area contributed by atoms with E-state index in [9.17, 15) is 14.0 Å². The number of benzene rings is 2. The third kappa shape index (κ3) is 4.20. The molecule has 1 amide bonds. The van der Waals surface area contributed by atoms with Crippen LogP contribution in [0, 0.1) is 5.82 Å². The Morgan fingerprint density at radius 2 is 2.00 bits per heavy atom. The Labute approximate surface area is 195 Å². The predicted molar refractivity (Wildman–Crippen MR) is 128 cm³/mol. The van der Waals surface area contributed by atoms with E-state index in [2.05, 4.69) is 20.1 Å². The summed E-state index contributed by atoms with van der Waals surface area (Å²) in [6, 6.07) is 15.6. The maximum Gasteiger partial charge on any atom is 0.272 e. The number of aromatic amines is 1. The number of likely N-dealkylation sites (tertiary alicyclic amines) is 1. The molecular weight excluding hydrogens is 433 g/mol. The summed E-state index contributed by atoms with van der Waals surface area (Å²) in [6.45, 7) is 1.82. The number of carbonyl (C=O) groups excluding carboxylic acids is 1. The fraction of sp³-hybridized carbons (Fsp3) is 0.231. The van der Waals surface area contributed by atoms with Crippen molar-refractivity contribution in [2.75, 3.05) is 20.1 Å². The molecule has 5 rings (SSSR count). The number of pyridine rings is 1. The predicted octanol–water partition coefficient (Wildman–Crippen LogP) is 3.47. The SMILES string of the molecule is CN(Cc1cccnc1)[C@@H]1CCN(C(=O)c2cc(-c3n[nH]c(=O)c4ccccc34)ccc2F)C1. The maximum absolute atomic E-state index is 14.8. The summed E-state index contributed by atoms with van der Waals surface area (Å²) >= 11 is 0. The van der Waals surface area contributed by atoms with Gasteiger partial charge in [-0.2, -0.15) is 5.10 Å². The van der Waals surface area contributed by atoms with Crippen LogP contribution in [-0.4, -0.2) is 57.1 Å². The number of H-pyrrole nitrogens is 1. The molecule has 1 atom stereocenters. The zero-order valence-corrected chi connectivity index (χ0v) is 18.7. The van der Waals surface area contributed by atoms with E-state index in [0.717, 1.165) is 18.5 Å². The van der Waals surface area contributed by atoms with Crippen LogP contribution in [0.5, 0.6) is 0 Å². The number of amides is 1. The van der Waals surface area contributed by atoms with Gasteiger partial charge in [-0.05, 0) is 49.4 Å². The fourth-order valence-electron chi connectivity index (χ4n) is 4.54. The van der Waals surface area contributed by atoms with Gasteiger partial charge in [-0.3, -0.25) is 19.5 Å². The van der Waals surface area contributed by atoms with E-state index in [1.54, 1.807) is 35.4 Å². The Bertz CT molecular complexity index is 1410. The molecule has 0 unspecified atom stereocenters. The first kappa shape index (κ1) is 21.9. The van der Waals surface area contributed by atoms with Gasteiger partial charge in [0.05, 0.1) is 16.6 Å². The van der Waals surface area contributed by atoms with Crippen LogP contribution in [0.1, 0.15) is 22.3 Å². The molecule has 1 N–H and O–H groups in total. The molecule has 1 aliphatic heterocycles. The number of hydrogen-bond donors (Lipinski definition) is 1. The van der Waals surface area contributed by atoms with E-state index in [0.29, 0.717) is 35.1 Å². The molecule has 4 aromatic rings. The second-order valence-corrected chi connectivity index (χ2v) is 8.61. The van der Waals surface area contributed by atoms with Gasteiger partial charge in [-0.15, -0.1) is 0 Å². The molecule has 2 aromatic heterocycles. The van der Waals surface area contributed by atoms with Crippen LogP contribution in [0.3, 0.4) is 0 Å². The van der Waals surface area contributed by atoms with Gasteiger partial charge in [-0.1, -0.05) is 24.3 Å². The lowest BCUT2D eigenvalue weighted by molar-refractivity contribution is 0.0775. The van der Waals surface area contributed by atoms with Gasteiger partial charge >= 0.3 is 0 Å². The van der Waals surface area contributed by atoms with Crippen LogP contribution in [0.15, 0.2) is 71.8 Å². The normalized spacial score (nSPS) is 15.9. The number of fused-ring (bicyclic) bond motifs is 1. The summed E-state index contributed by atoms with van der Waals surface area (Å²) in [5.74, 6) is -0.917. The molecule has 0 bridgehead atoms. The largest absolute Gasteiger partial charge is 0.337 e. The third-order valence-corrected chi connectivity index (χ3v) is 6.39. The van der Waals surface area contributed by atoms with E-state index < -0.39 is 5.82 Å². The minimum atomic E-state index is -0.574. The van der Waals surface area contributed by atoms with Crippen molar-refractivity contribution in [1.82, 2.24) is 25.0 Å². The second-order valence-electron chi connectivity index (χ2n) is 8.61. The monoisotopic (exact) mass is 457 g/mol. The first-order valence-corrected chi connectivity index (χ1v) is 11.2. The molecule has 172 valence electrons. The molecule has 1 fully saturated rings. The molecule has 0 saturated carbocycles. The zero-order valence-electron chi connectivity index (χ0n) is 18.7. The minimum Gasteiger partial charge on any atom is -0.337 e. The number of aromatic nitrogens is 3. The number of halogens is 1. The Hall–Kier alpha value is -3.91. The zero-order chi connectivity index (χ0) is 23.7. The molecule has 0 aliphatic carbocycles. The van der Waals surface area contributed by atoms with Crippen molar-refractivity contribution in [3.8, 4) is 11.3 Å². The van der Waals surface area contributed by atoms with Crippen LogP contribution in [0.2, 0.25) is 0 Å². The number of likely N-dealkylation sites (N-methyl/N-ethyl adjacent to an activating group) is 1. The van der Waals surface area contributed by atoms with Crippen molar-refractivity contribution in [1.29, 1.82) is 0 Å². The summed E-state index contributed by atoms with van der Waals surface area (Å²) in [6.07, 6.45) is 4.40. The van der Waals surface area contributed by atoms with Crippen molar-refractivity contribution in [3.63, 3.8) is 0 Å². The second kappa shape index (κ2) is 9.15. The highest BCUT2D eigenvalue weighted by Gasteiger charge is 2.31. The summed E-state index contributed by atoms with van der Waals surface area (Å²) in [5, 5.41) is 7.81. The summed E-state index contributed by atoms with van der Waals surface area (Å²) in [4.78, 5) is 33.5. The van der Waals surface area contributed by atoms with Crippen molar-refractivity contribution in [3.05, 3.63) is 94.3 Å². The summed E-state index contributed by atoms with van der Waals surface area (Å²) in [7, 11) is 2.03. The lowest BCUT2D eigenvalue weighted by atomic mass is 10.0. The van der Waals surface area contributed by atoms with Gasteiger partial charge in [0, 0.05) is 49.0 Å². The Balaban J connectivity index is 1.38. The van der Waals surface area contributed by atoms with Gasteiger partial charge in [-0.25, -0.2) is 9.49 Å². The molecule has 34 heavy (non-hydrogen) atoms. The van der Waals surface area contributed by atoms with Gasteiger partial charge in [0.25, 0.3) is 11.5 Å². The molecule has 0 radical (unpaired) electrons. The highest BCUT2D eigenvalue weighted by molar-refractivity contribution is 5.98. The molecule has 8 heteroatoms. The highest BCUT2D eigenvalue weighted by atomic mass is 19.1. The van der Waals surface area contributed by atoms with E-state index in [-0.39, 0.29) is 23.1 Å². The van der Waals surface area contributed by atoms with Crippen molar-refractivity contribution < 1.29 is 9.18 Å². The first-order chi connectivity index (χ1) is 16.5. The lowest BCUT2D eigenvalue weighted by Crippen LogP contribution is -2.36. The quantitative estimate of drug-likeness (QED) is 0.496. The van der Waals surface area contributed by atoms with E-state index in [1.165, 1.54) is 12.1 Å². The fourth-order valence-corrected chi connectivity index (χ4v) is 4.54. The van der Waals surface area contributed by atoms with E-state index in [1.807, 2.05) is 31.4 Å². The molecule has 0 spiro atoms. The van der Waals surface area contributed by atoms with Crippen LogP contribution >= 0.6 is 0 Å². The number of nitrogens with zero attached hydrogens (tertiary/aromatic N) is 4.